The zero-order chi connectivity index (χ0) is 14.4. The monoisotopic (exact) mass is 273 g/mol. The van der Waals surface area contributed by atoms with Crippen LogP contribution >= 0.6 is 0 Å². The van der Waals surface area contributed by atoms with E-state index in [0.29, 0.717) is 13.0 Å². The first-order valence-corrected chi connectivity index (χ1v) is 7.22. The predicted octanol–water partition coefficient (Wildman–Crippen LogP) is 1.87. The summed E-state index contributed by atoms with van der Waals surface area (Å²) >= 11 is 0. The van der Waals surface area contributed by atoms with E-state index in [-0.39, 0.29) is 6.04 Å². The molecule has 108 valence electrons. The average Bonchev–Trinajstić information content (AvgIpc) is 2.43. The fraction of sp³-hybridized carbons (Fsp3) is 0.562. The lowest BCUT2D eigenvalue weighted by Crippen LogP contribution is -2.50. The smallest absolute Gasteiger partial charge is 0.119 e. The number of hydrogen-bond donors (Lipinski definition) is 1. The number of nitrogens with zero attached hydrogens (tertiary/aromatic N) is 2. The van der Waals surface area contributed by atoms with E-state index in [0.717, 1.165) is 31.9 Å². The molecule has 4 heteroatoms. The Balaban J connectivity index is 1.95. The van der Waals surface area contributed by atoms with Crippen molar-refractivity contribution in [3.63, 3.8) is 0 Å². The standard InChI is InChI=1S/C16H23N3O/c1-13-9-14(2)11-16(10-13)20-12-15(3-4-17)19-7-5-18-6-8-19/h9-11,15,18H,3,5-8,12H2,1-2H3. The number of nitrogens with one attached hydrogen (secondary N) is 1. The summed E-state index contributed by atoms with van der Waals surface area (Å²) in [6.07, 6.45) is 0.519. The van der Waals surface area contributed by atoms with Crippen LogP contribution in [0, 0.1) is 25.2 Å². The summed E-state index contributed by atoms with van der Waals surface area (Å²) in [5, 5.41) is 12.3. The highest BCUT2D eigenvalue weighted by Gasteiger charge is 2.20. The zero-order valence-corrected chi connectivity index (χ0v) is 12.4. The van der Waals surface area contributed by atoms with Crippen molar-refractivity contribution in [1.29, 1.82) is 5.26 Å². The Bertz CT molecular complexity index is 455. The summed E-state index contributed by atoms with van der Waals surface area (Å²) in [6, 6.07) is 8.70. The maximum absolute atomic E-state index is 9.00. The molecule has 0 aliphatic carbocycles. The Kier molecular flexibility index (Phi) is 5.40. The lowest BCUT2D eigenvalue weighted by molar-refractivity contribution is 0.123. The molecule has 1 unspecified atom stereocenters. The molecule has 1 aromatic carbocycles. The fourth-order valence-electron chi connectivity index (χ4n) is 2.65. The van der Waals surface area contributed by atoms with Gasteiger partial charge in [-0.15, -0.1) is 0 Å². The third-order valence-electron chi connectivity index (χ3n) is 3.63. The van der Waals surface area contributed by atoms with Crippen molar-refractivity contribution in [2.24, 2.45) is 0 Å². The van der Waals surface area contributed by atoms with Gasteiger partial charge in [-0.1, -0.05) is 6.07 Å². The minimum Gasteiger partial charge on any atom is -0.492 e. The molecule has 20 heavy (non-hydrogen) atoms. The topological polar surface area (TPSA) is 48.3 Å². The highest BCUT2D eigenvalue weighted by Crippen LogP contribution is 2.17. The van der Waals surface area contributed by atoms with Gasteiger partial charge in [0.15, 0.2) is 0 Å². The fourth-order valence-corrected chi connectivity index (χ4v) is 2.65. The van der Waals surface area contributed by atoms with E-state index in [1.165, 1.54) is 11.1 Å². The van der Waals surface area contributed by atoms with Gasteiger partial charge in [0.05, 0.1) is 18.5 Å². The molecule has 4 nitrogen and oxygen atoms in total. The summed E-state index contributed by atoms with van der Waals surface area (Å²) in [6.45, 7) is 8.68. The van der Waals surface area contributed by atoms with Crippen molar-refractivity contribution in [2.45, 2.75) is 26.3 Å². The van der Waals surface area contributed by atoms with Gasteiger partial charge in [-0.25, -0.2) is 0 Å². The molecule has 1 aliphatic rings. The third-order valence-corrected chi connectivity index (χ3v) is 3.63. The summed E-state index contributed by atoms with van der Waals surface area (Å²) < 4.78 is 5.92. The first-order valence-electron chi connectivity index (χ1n) is 7.22. The van der Waals surface area contributed by atoms with Gasteiger partial charge in [-0.05, 0) is 37.1 Å². The lowest BCUT2D eigenvalue weighted by atomic mass is 10.1. The Morgan fingerprint density at radius 2 is 1.90 bits per heavy atom. The normalized spacial score (nSPS) is 17.4. The van der Waals surface area contributed by atoms with Crippen molar-refractivity contribution < 1.29 is 4.74 Å². The summed E-state index contributed by atoms with van der Waals surface area (Å²) in [4.78, 5) is 2.35. The molecule has 0 saturated carbocycles. The number of rotatable bonds is 5. The van der Waals surface area contributed by atoms with Crippen LogP contribution in [-0.4, -0.2) is 43.7 Å². The molecular formula is C16H23N3O. The van der Waals surface area contributed by atoms with Gasteiger partial charge in [0, 0.05) is 26.2 Å². The molecule has 1 aromatic rings. The lowest BCUT2D eigenvalue weighted by Gasteiger charge is -2.33. The Morgan fingerprint density at radius 1 is 1.25 bits per heavy atom. The minimum absolute atomic E-state index is 0.183. The Morgan fingerprint density at radius 3 is 2.50 bits per heavy atom. The van der Waals surface area contributed by atoms with Crippen LogP contribution in [0.5, 0.6) is 5.75 Å². The summed E-state index contributed by atoms with van der Waals surface area (Å²) in [5.41, 5.74) is 2.41. The molecule has 1 saturated heterocycles. The SMILES string of the molecule is Cc1cc(C)cc(OCC(CC#N)N2CCNCC2)c1. The van der Waals surface area contributed by atoms with E-state index in [1.807, 2.05) is 12.1 Å². The molecule has 1 heterocycles. The first-order chi connectivity index (χ1) is 9.69. The maximum atomic E-state index is 9.00. The highest BCUT2D eigenvalue weighted by molar-refractivity contribution is 5.33. The third kappa shape index (κ3) is 4.22. The zero-order valence-electron chi connectivity index (χ0n) is 12.4. The molecule has 0 bridgehead atoms. The summed E-state index contributed by atoms with van der Waals surface area (Å²) in [7, 11) is 0. The molecule has 2 rings (SSSR count). The number of aryl methyl sites for hydroxylation is 2. The van der Waals surface area contributed by atoms with Crippen molar-refractivity contribution in [3.05, 3.63) is 29.3 Å². The van der Waals surface area contributed by atoms with Gasteiger partial charge in [0.1, 0.15) is 12.4 Å². The number of ether oxygens (including phenoxy) is 1. The van der Waals surface area contributed by atoms with Crippen molar-refractivity contribution in [3.8, 4) is 11.8 Å². The van der Waals surface area contributed by atoms with Gasteiger partial charge in [0.25, 0.3) is 0 Å². The molecule has 0 radical (unpaired) electrons. The highest BCUT2D eigenvalue weighted by atomic mass is 16.5. The molecule has 0 aromatic heterocycles. The largest absolute Gasteiger partial charge is 0.492 e. The van der Waals surface area contributed by atoms with Crippen molar-refractivity contribution >= 4 is 0 Å². The van der Waals surface area contributed by atoms with E-state index < -0.39 is 0 Å². The van der Waals surface area contributed by atoms with Crippen molar-refractivity contribution in [1.82, 2.24) is 10.2 Å². The van der Waals surface area contributed by atoms with Gasteiger partial charge in [-0.2, -0.15) is 5.26 Å². The number of piperazine rings is 1. The Hall–Kier alpha value is -1.57. The van der Waals surface area contributed by atoms with Crippen LogP contribution < -0.4 is 10.1 Å². The minimum atomic E-state index is 0.183. The quantitative estimate of drug-likeness (QED) is 0.890. The number of nitriles is 1. The predicted molar refractivity (Wildman–Crippen MR) is 79.9 cm³/mol. The van der Waals surface area contributed by atoms with E-state index >= 15 is 0 Å². The van der Waals surface area contributed by atoms with E-state index in [4.69, 9.17) is 10.00 Å². The van der Waals surface area contributed by atoms with E-state index in [9.17, 15) is 0 Å². The second-order valence-corrected chi connectivity index (χ2v) is 5.44. The molecule has 1 atom stereocenters. The number of hydrogen-bond acceptors (Lipinski definition) is 4. The van der Waals surface area contributed by atoms with E-state index in [1.54, 1.807) is 0 Å². The molecule has 0 amide bonds. The van der Waals surface area contributed by atoms with Gasteiger partial charge >= 0.3 is 0 Å². The van der Waals surface area contributed by atoms with Crippen LogP contribution in [0.1, 0.15) is 17.5 Å². The van der Waals surface area contributed by atoms with Crippen LogP contribution in [0.4, 0.5) is 0 Å². The van der Waals surface area contributed by atoms with Crippen LogP contribution in [-0.2, 0) is 0 Å². The Labute approximate surface area is 121 Å². The van der Waals surface area contributed by atoms with Crippen LogP contribution in [0.2, 0.25) is 0 Å². The summed E-state index contributed by atoms with van der Waals surface area (Å²) in [5.74, 6) is 0.903. The van der Waals surface area contributed by atoms with Crippen LogP contribution in [0.3, 0.4) is 0 Å². The second kappa shape index (κ2) is 7.28. The van der Waals surface area contributed by atoms with E-state index in [2.05, 4.69) is 36.2 Å². The van der Waals surface area contributed by atoms with Gasteiger partial charge in [0.2, 0.25) is 0 Å². The molecule has 1 aliphatic heterocycles. The van der Waals surface area contributed by atoms with Crippen LogP contribution in [0.25, 0.3) is 0 Å². The second-order valence-electron chi connectivity index (χ2n) is 5.44. The molecule has 1 fully saturated rings. The molecule has 1 N–H and O–H groups in total. The van der Waals surface area contributed by atoms with Gasteiger partial charge < -0.3 is 10.1 Å². The van der Waals surface area contributed by atoms with Gasteiger partial charge in [-0.3, -0.25) is 4.90 Å². The van der Waals surface area contributed by atoms with Crippen LogP contribution in [0.15, 0.2) is 18.2 Å². The van der Waals surface area contributed by atoms with Crippen molar-refractivity contribution in [2.75, 3.05) is 32.8 Å². The molecular weight excluding hydrogens is 250 g/mol. The number of benzene rings is 1. The maximum Gasteiger partial charge on any atom is 0.119 e. The molecule has 0 spiro atoms. The average molecular weight is 273 g/mol. The first kappa shape index (κ1) is 14.8.